The van der Waals surface area contributed by atoms with E-state index in [0.29, 0.717) is 15.8 Å². The summed E-state index contributed by atoms with van der Waals surface area (Å²) < 4.78 is 35.6. The van der Waals surface area contributed by atoms with Gasteiger partial charge < -0.3 is 14.6 Å². The molecule has 0 spiro atoms. The van der Waals surface area contributed by atoms with Gasteiger partial charge in [0.1, 0.15) is 33.4 Å². The lowest BCUT2D eigenvalue weighted by Crippen LogP contribution is -2.26. The van der Waals surface area contributed by atoms with Gasteiger partial charge in [0, 0.05) is 28.6 Å². The minimum atomic E-state index is -1.49. The molecule has 0 fully saturated rings. The smallest absolute Gasteiger partial charge is 0.292 e. The number of rotatable bonds is 8. The first-order valence-electron chi connectivity index (χ1n) is 9.12. The van der Waals surface area contributed by atoms with Crippen molar-refractivity contribution < 1.29 is 18.6 Å². The van der Waals surface area contributed by atoms with Crippen molar-refractivity contribution >= 4 is 56.5 Å². The maximum Gasteiger partial charge on any atom is 0.292 e. The predicted molar refractivity (Wildman–Crippen MR) is 126 cm³/mol. The first-order valence-corrected chi connectivity index (χ1v) is 11.4. The Morgan fingerprint density at radius 2 is 2.06 bits per heavy atom. The summed E-state index contributed by atoms with van der Waals surface area (Å²) in [5.41, 5.74) is 0.323. The van der Waals surface area contributed by atoms with Gasteiger partial charge in [-0.2, -0.15) is 0 Å². The topological polar surface area (TPSA) is 99.8 Å². The van der Waals surface area contributed by atoms with Gasteiger partial charge >= 0.3 is 0 Å². The van der Waals surface area contributed by atoms with Crippen molar-refractivity contribution in [3.8, 4) is 5.75 Å². The fraction of sp³-hybridized carbons (Fsp3) is 0.350. The number of anilines is 1. The number of ether oxygens (including phenoxy) is 1. The Labute approximate surface area is 196 Å². The second-order valence-electron chi connectivity index (χ2n) is 7.48. The quantitative estimate of drug-likeness (QED) is 0.142. The first-order chi connectivity index (χ1) is 14.5. The van der Waals surface area contributed by atoms with Crippen LogP contribution < -0.4 is 10.1 Å². The van der Waals surface area contributed by atoms with E-state index in [-0.39, 0.29) is 22.8 Å². The molecule has 2 aromatic carbocycles. The minimum absolute atomic E-state index is 0.136. The summed E-state index contributed by atoms with van der Waals surface area (Å²) in [7, 11) is 1.44. The largest absolute Gasteiger partial charge is 0.591 e. The van der Waals surface area contributed by atoms with E-state index in [1.165, 1.54) is 43.7 Å². The molecule has 0 aromatic heterocycles. The second-order valence-corrected chi connectivity index (χ2v) is 10.6. The molecule has 2 aromatic rings. The highest BCUT2D eigenvalue weighted by molar-refractivity contribution is 9.10. The van der Waals surface area contributed by atoms with Crippen LogP contribution in [-0.4, -0.2) is 27.5 Å². The molecular formula is C20H22BrClFN3O4S. The maximum atomic E-state index is 14.2. The van der Waals surface area contributed by atoms with Crippen LogP contribution in [0.2, 0.25) is 5.02 Å². The van der Waals surface area contributed by atoms with Gasteiger partial charge in [-0.15, -0.1) is 0 Å². The van der Waals surface area contributed by atoms with Crippen LogP contribution in [0, 0.1) is 15.9 Å². The van der Waals surface area contributed by atoms with Crippen molar-refractivity contribution in [3.05, 3.63) is 61.3 Å². The lowest BCUT2D eigenvalue weighted by molar-refractivity contribution is -0.384. The Morgan fingerprint density at radius 3 is 2.65 bits per heavy atom. The molecule has 2 atom stereocenters. The molecule has 0 heterocycles. The van der Waals surface area contributed by atoms with Crippen molar-refractivity contribution in [2.45, 2.75) is 38.0 Å². The van der Waals surface area contributed by atoms with E-state index in [9.17, 15) is 19.1 Å². The molecule has 0 radical (unpaired) electrons. The van der Waals surface area contributed by atoms with Crippen LogP contribution in [0.5, 0.6) is 5.75 Å². The van der Waals surface area contributed by atoms with E-state index < -0.39 is 32.9 Å². The van der Waals surface area contributed by atoms with Crippen LogP contribution in [0.25, 0.3) is 0 Å². The number of nitrogens with zero attached hydrogens (tertiary/aromatic N) is 2. The predicted octanol–water partition coefficient (Wildman–Crippen LogP) is 6.23. The Bertz CT molecular complexity index is 988. The van der Waals surface area contributed by atoms with Gasteiger partial charge in [0.25, 0.3) is 5.69 Å². The van der Waals surface area contributed by atoms with Gasteiger partial charge in [0.05, 0.1) is 29.3 Å². The van der Waals surface area contributed by atoms with Gasteiger partial charge in [0.2, 0.25) is 0 Å². The molecule has 0 unspecified atom stereocenters. The van der Waals surface area contributed by atoms with Gasteiger partial charge in [0.15, 0.2) is 0 Å². The zero-order chi connectivity index (χ0) is 23.3. The molecule has 0 amide bonds. The fourth-order valence-corrected chi connectivity index (χ4v) is 4.15. The van der Waals surface area contributed by atoms with Crippen molar-refractivity contribution in [3.63, 3.8) is 0 Å². The highest BCUT2D eigenvalue weighted by Crippen LogP contribution is 2.38. The molecule has 0 saturated carbocycles. The molecule has 0 aliphatic heterocycles. The van der Waals surface area contributed by atoms with E-state index in [0.717, 1.165) is 0 Å². The number of nitro groups is 1. The fourth-order valence-electron chi connectivity index (χ4n) is 2.59. The molecule has 0 bridgehead atoms. The molecule has 0 aliphatic rings. The lowest BCUT2D eigenvalue weighted by Gasteiger charge is -2.22. The van der Waals surface area contributed by atoms with Crippen molar-refractivity contribution in [2.24, 2.45) is 4.40 Å². The van der Waals surface area contributed by atoms with Crippen LogP contribution >= 0.6 is 27.5 Å². The third-order valence-corrected chi connectivity index (χ3v) is 6.66. The monoisotopic (exact) mass is 533 g/mol. The number of nitro benzene ring substituents is 1. The molecule has 7 nitrogen and oxygen atoms in total. The third-order valence-electron chi connectivity index (χ3n) is 4.19. The summed E-state index contributed by atoms with van der Waals surface area (Å²) in [5, 5.41) is 14.4. The average Bonchev–Trinajstić information content (AvgIpc) is 2.69. The molecule has 0 saturated heterocycles. The summed E-state index contributed by atoms with van der Waals surface area (Å²) >= 11 is 8.10. The van der Waals surface area contributed by atoms with E-state index in [1.54, 1.807) is 20.8 Å². The van der Waals surface area contributed by atoms with E-state index in [1.807, 2.05) is 0 Å². The van der Waals surface area contributed by atoms with E-state index >= 15 is 0 Å². The van der Waals surface area contributed by atoms with Gasteiger partial charge in [-0.1, -0.05) is 31.9 Å². The zero-order valence-electron chi connectivity index (χ0n) is 17.3. The summed E-state index contributed by atoms with van der Waals surface area (Å²) in [5.74, 6) is -0.235. The normalized spacial score (nSPS) is 13.8. The molecule has 31 heavy (non-hydrogen) atoms. The SMILES string of the molecule is COc1ccc([N+](=O)[O-])c(N[C@H](CC=N[S@+]([O-])C(C)(C)C)c2c(Br)ccc(F)c2Cl)c1. The van der Waals surface area contributed by atoms with Gasteiger partial charge in [-0.3, -0.25) is 10.1 Å². The molecule has 1 N–H and O–H groups in total. The summed E-state index contributed by atoms with van der Waals surface area (Å²) in [4.78, 5) is 11.0. The van der Waals surface area contributed by atoms with Crippen LogP contribution in [-0.2, 0) is 11.4 Å². The van der Waals surface area contributed by atoms with E-state index in [2.05, 4.69) is 25.6 Å². The lowest BCUT2D eigenvalue weighted by atomic mass is 10.0. The highest BCUT2D eigenvalue weighted by Gasteiger charge is 2.27. The number of halogens is 3. The average molecular weight is 535 g/mol. The van der Waals surface area contributed by atoms with Crippen molar-refractivity contribution in [1.82, 2.24) is 0 Å². The van der Waals surface area contributed by atoms with Crippen molar-refractivity contribution in [2.75, 3.05) is 12.4 Å². The Kier molecular flexibility index (Phi) is 8.70. The standard InChI is InChI=1S/C20H22BrClFN3O4S/c1-20(2,3)31(29)24-10-9-15(18-13(21)6-7-14(23)19(18)22)25-16-11-12(30-4)5-8-17(16)26(27)28/h5-8,10-11,15,25H,9H2,1-4H3/t15-,31-/m1/s1. The van der Waals surface area contributed by atoms with Crippen LogP contribution in [0.15, 0.2) is 39.2 Å². The summed E-state index contributed by atoms with van der Waals surface area (Å²) in [6.45, 7) is 5.36. The Balaban J connectivity index is 2.50. The number of nitrogens with one attached hydrogen (secondary N) is 1. The number of hydrogen-bond donors (Lipinski definition) is 1. The van der Waals surface area contributed by atoms with Crippen LogP contribution in [0.4, 0.5) is 15.8 Å². The van der Waals surface area contributed by atoms with Crippen molar-refractivity contribution in [1.29, 1.82) is 0 Å². The van der Waals surface area contributed by atoms with Gasteiger partial charge in [-0.05, 0) is 39.0 Å². The molecule has 2 rings (SSSR count). The number of methoxy groups -OCH3 is 1. The summed E-state index contributed by atoms with van der Waals surface area (Å²) in [6.07, 6.45) is 1.58. The highest BCUT2D eigenvalue weighted by atomic mass is 79.9. The third kappa shape index (κ3) is 6.55. The maximum absolute atomic E-state index is 14.2. The molecule has 11 heteroatoms. The number of hydrogen-bond acceptors (Lipinski definition) is 6. The van der Waals surface area contributed by atoms with Crippen LogP contribution in [0.3, 0.4) is 0 Å². The minimum Gasteiger partial charge on any atom is -0.591 e. The Hall–Kier alpha value is -1.88. The van der Waals surface area contributed by atoms with E-state index in [4.69, 9.17) is 16.3 Å². The van der Waals surface area contributed by atoms with Crippen LogP contribution in [0.1, 0.15) is 38.8 Å². The molecule has 0 aliphatic carbocycles. The first kappa shape index (κ1) is 25.4. The van der Waals surface area contributed by atoms with Gasteiger partial charge in [-0.25, -0.2) is 4.39 Å². The number of benzene rings is 2. The zero-order valence-corrected chi connectivity index (χ0v) is 20.5. The second kappa shape index (κ2) is 10.6. The summed E-state index contributed by atoms with van der Waals surface area (Å²) in [6, 6.07) is 6.24. The molecule has 168 valence electrons. The molecular weight excluding hydrogens is 513 g/mol. The Morgan fingerprint density at radius 1 is 1.39 bits per heavy atom.